The van der Waals surface area contributed by atoms with Gasteiger partial charge in [-0.15, -0.1) is 0 Å². The molecule has 92 valence electrons. The van der Waals surface area contributed by atoms with Crippen molar-refractivity contribution in [1.82, 2.24) is 0 Å². The summed E-state index contributed by atoms with van der Waals surface area (Å²) >= 11 is 0. The highest BCUT2D eigenvalue weighted by atomic mass is 31.2. The summed E-state index contributed by atoms with van der Waals surface area (Å²) in [6.45, 7) is 0. The molecule has 0 heterocycles. The molecule has 0 bridgehead atoms. The van der Waals surface area contributed by atoms with Crippen molar-refractivity contribution in [3.05, 3.63) is 0 Å². The maximum atomic E-state index is 13.6. The zero-order valence-electron chi connectivity index (χ0n) is 9.49. The van der Waals surface area contributed by atoms with E-state index in [0.29, 0.717) is 6.42 Å². The summed E-state index contributed by atoms with van der Waals surface area (Å²) in [6, 6.07) is 0.108. The molecule has 0 radical (unpaired) electrons. The molecule has 0 unspecified atom stereocenters. The van der Waals surface area contributed by atoms with E-state index in [-0.39, 0.29) is 12.2 Å². The molecule has 0 fully saturated rings. The molecule has 0 saturated heterocycles. The van der Waals surface area contributed by atoms with Gasteiger partial charge in [0.1, 0.15) is 0 Å². The molecule has 0 rings (SSSR count). The first-order valence-electron chi connectivity index (χ1n) is 4.45. The maximum Gasteiger partial charge on any atom is 0.539 e. The van der Waals surface area contributed by atoms with Gasteiger partial charge in [0.05, 0.1) is 6.16 Å². The Morgan fingerprint density at radius 3 is 1.93 bits per heavy atom. The maximum absolute atomic E-state index is 13.6. The van der Waals surface area contributed by atoms with Gasteiger partial charge < -0.3 is 17.9 Å². The lowest BCUT2D eigenvalue weighted by Crippen LogP contribution is -2.34. The van der Waals surface area contributed by atoms with E-state index in [1.54, 1.807) is 0 Å². The fourth-order valence-electron chi connectivity index (χ4n) is 1.03. The number of hydrogen-bond donors (Lipinski definition) is 0. The van der Waals surface area contributed by atoms with Crippen molar-refractivity contribution < 1.29 is 26.6 Å². The largest absolute Gasteiger partial charge is 0.539 e. The lowest BCUT2D eigenvalue weighted by atomic mass is 10.6. The Kier molecular flexibility index (Phi) is 6.82. The van der Waals surface area contributed by atoms with E-state index in [2.05, 4.69) is 8.85 Å². The third kappa shape index (κ3) is 5.19. The molecule has 5 nitrogen and oxygen atoms in total. The van der Waals surface area contributed by atoms with Gasteiger partial charge in [0.15, 0.2) is 0 Å². The first kappa shape index (κ1) is 15.2. The highest BCUT2D eigenvalue weighted by Crippen LogP contribution is 2.47. The van der Waals surface area contributed by atoms with Crippen LogP contribution in [-0.4, -0.2) is 43.5 Å². The summed E-state index contributed by atoms with van der Waals surface area (Å²) in [5.41, 5.74) is 0. The first-order chi connectivity index (χ1) is 6.95. The SMILES string of the molecule is CO[Si](F)(CCCP(=O)(OC)OC)OC. The predicted octanol–water partition coefficient (Wildman–Crippen LogP) is 2.06. The molecule has 0 aromatic rings. The average Bonchev–Trinajstić information content (AvgIpc) is 2.28. The Labute approximate surface area is 90.8 Å². The second-order valence-electron chi connectivity index (χ2n) is 2.87. The Morgan fingerprint density at radius 2 is 1.60 bits per heavy atom. The van der Waals surface area contributed by atoms with Crippen LogP contribution in [0, 0.1) is 0 Å². The summed E-state index contributed by atoms with van der Waals surface area (Å²) in [5.74, 6) is 0. The lowest BCUT2D eigenvalue weighted by Gasteiger charge is -2.18. The van der Waals surface area contributed by atoms with Gasteiger partial charge in [-0.3, -0.25) is 4.57 Å². The van der Waals surface area contributed by atoms with Gasteiger partial charge in [0.25, 0.3) is 0 Å². The minimum absolute atomic E-state index is 0.108. The molecule has 0 amide bonds. The van der Waals surface area contributed by atoms with Crippen LogP contribution in [-0.2, 0) is 22.5 Å². The van der Waals surface area contributed by atoms with Crippen molar-refractivity contribution in [1.29, 1.82) is 0 Å². The molecule has 0 aliphatic rings. The fourth-order valence-corrected chi connectivity index (χ4v) is 3.56. The van der Waals surface area contributed by atoms with Crippen molar-refractivity contribution in [2.45, 2.75) is 12.5 Å². The van der Waals surface area contributed by atoms with E-state index in [0.717, 1.165) is 0 Å². The third-order valence-electron chi connectivity index (χ3n) is 2.07. The van der Waals surface area contributed by atoms with Crippen LogP contribution in [0.2, 0.25) is 6.04 Å². The van der Waals surface area contributed by atoms with Crippen molar-refractivity contribution in [2.75, 3.05) is 34.6 Å². The first-order valence-corrected chi connectivity index (χ1v) is 8.08. The van der Waals surface area contributed by atoms with E-state index in [1.165, 1.54) is 28.4 Å². The number of rotatable bonds is 8. The second-order valence-corrected chi connectivity index (χ2v) is 7.91. The van der Waals surface area contributed by atoms with Crippen molar-refractivity contribution >= 4 is 16.5 Å². The smallest absolute Gasteiger partial charge is 0.374 e. The molecule has 0 aliphatic carbocycles. The van der Waals surface area contributed by atoms with Crippen molar-refractivity contribution in [2.24, 2.45) is 0 Å². The molecular formula is C7H18FO5PSi. The third-order valence-corrected chi connectivity index (χ3v) is 6.22. The molecule has 0 aliphatic heterocycles. The molecule has 0 aromatic carbocycles. The Bertz CT molecular complexity index is 215. The van der Waals surface area contributed by atoms with Crippen LogP contribution in [0.3, 0.4) is 0 Å². The van der Waals surface area contributed by atoms with E-state index in [1.807, 2.05) is 0 Å². The molecule has 0 atom stereocenters. The van der Waals surface area contributed by atoms with Crippen LogP contribution in [0.25, 0.3) is 0 Å². The highest BCUT2D eigenvalue weighted by Gasteiger charge is 2.37. The van der Waals surface area contributed by atoms with E-state index >= 15 is 0 Å². The van der Waals surface area contributed by atoms with Crippen LogP contribution < -0.4 is 0 Å². The summed E-state index contributed by atoms with van der Waals surface area (Å²) in [7, 11) is -1.46. The molecule has 0 N–H and O–H groups in total. The topological polar surface area (TPSA) is 54.0 Å². The molecule has 0 spiro atoms. The van der Waals surface area contributed by atoms with Crippen LogP contribution >= 0.6 is 7.60 Å². The van der Waals surface area contributed by atoms with Gasteiger partial charge in [-0.25, -0.2) is 4.11 Å². The lowest BCUT2D eigenvalue weighted by molar-refractivity contribution is 0.191. The van der Waals surface area contributed by atoms with Crippen LogP contribution in [0.15, 0.2) is 0 Å². The quantitative estimate of drug-likeness (QED) is 0.380. The van der Waals surface area contributed by atoms with Crippen molar-refractivity contribution in [3.8, 4) is 0 Å². The van der Waals surface area contributed by atoms with E-state index in [9.17, 15) is 8.67 Å². The predicted molar refractivity (Wildman–Crippen MR) is 56.8 cm³/mol. The molecule has 0 saturated carbocycles. The van der Waals surface area contributed by atoms with Gasteiger partial charge in [-0.05, 0) is 6.42 Å². The zero-order chi connectivity index (χ0) is 11.9. The van der Waals surface area contributed by atoms with Crippen LogP contribution in [0.4, 0.5) is 4.11 Å². The summed E-state index contributed by atoms with van der Waals surface area (Å²) in [6.07, 6.45) is 0.495. The normalized spacial score (nSPS) is 13.1. The second kappa shape index (κ2) is 6.73. The number of halogens is 1. The van der Waals surface area contributed by atoms with Gasteiger partial charge in [-0.1, -0.05) is 0 Å². The molecule has 15 heavy (non-hydrogen) atoms. The van der Waals surface area contributed by atoms with E-state index in [4.69, 9.17) is 9.05 Å². The standard InChI is InChI=1S/C7H18FO5PSi/c1-10-14(9,11-2)6-5-7-15(8,12-3)13-4/h5-7H2,1-4H3. The summed E-state index contributed by atoms with van der Waals surface area (Å²) < 4.78 is 43.9. The molecule has 0 aromatic heterocycles. The van der Waals surface area contributed by atoms with E-state index < -0.39 is 16.5 Å². The van der Waals surface area contributed by atoms with Crippen molar-refractivity contribution in [3.63, 3.8) is 0 Å². The van der Waals surface area contributed by atoms with Gasteiger partial charge in [0.2, 0.25) is 0 Å². The molecule has 8 heteroatoms. The van der Waals surface area contributed by atoms with Gasteiger partial charge in [-0.2, -0.15) is 0 Å². The van der Waals surface area contributed by atoms with Gasteiger partial charge >= 0.3 is 16.5 Å². The summed E-state index contributed by atoms with van der Waals surface area (Å²) in [5, 5.41) is 0. The fraction of sp³-hybridized carbons (Fsp3) is 1.00. The average molecular weight is 260 g/mol. The number of hydrogen-bond acceptors (Lipinski definition) is 5. The zero-order valence-corrected chi connectivity index (χ0v) is 11.4. The Balaban J connectivity index is 4.02. The summed E-state index contributed by atoms with van der Waals surface area (Å²) in [4.78, 5) is 0. The Hall–Kier alpha value is 0.217. The monoisotopic (exact) mass is 260 g/mol. The highest BCUT2D eigenvalue weighted by molar-refractivity contribution is 7.53. The van der Waals surface area contributed by atoms with Crippen LogP contribution in [0.5, 0.6) is 0 Å². The van der Waals surface area contributed by atoms with Gasteiger partial charge in [0, 0.05) is 34.5 Å². The molecular weight excluding hydrogens is 242 g/mol. The minimum atomic E-state index is -3.55. The Morgan fingerprint density at radius 1 is 1.13 bits per heavy atom. The van der Waals surface area contributed by atoms with Crippen LogP contribution in [0.1, 0.15) is 6.42 Å². The minimum Gasteiger partial charge on any atom is -0.374 e.